The highest BCUT2D eigenvalue weighted by molar-refractivity contribution is 6.33. The van der Waals surface area contributed by atoms with Gasteiger partial charge in [0.25, 0.3) is 0 Å². The zero-order chi connectivity index (χ0) is 17.2. The van der Waals surface area contributed by atoms with Gasteiger partial charge in [-0.1, -0.05) is 28.9 Å². The molecule has 0 saturated heterocycles. The van der Waals surface area contributed by atoms with E-state index in [1.807, 2.05) is 0 Å². The Kier molecular flexibility index (Phi) is 3.82. The first-order valence-electron chi connectivity index (χ1n) is 7.13. The summed E-state index contributed by atoms with van der Waals surface area (Å²) in [5, 5.41) is 12.1. The van der Waals surface area contributed by atoms with Crippen LogP contribution in [-0.4, -0.2) is 29.9 Å². The van der Waals surface area contributed by atoms with Crippen LogP contribution in [0.5, 0.6) is 0 Å². The molecule has 1 aromatic carbocycles. The average Bonchev–Trinajstić information content (AvgIpc) is 3.24. The molecular weight excluding hydrogens is 348 g/mol. The topological polar surface area (TPSA) is 113 Å². The van der Waals surface area contributed by atoms with E-state index in [9.17, 15) is 4.79 Å². The number of hydrogen-bond donors (Lipinski definition) is 0. The van der Waals surface area contributed by atoms with Crippen LogP contribution in [-0.2, 0) is 6.54 Å². The van der Waals surface area contributed by atoms with Crippen molar-refractivity contribution in [2.45, 2.75) is 6.54 Å². The molecule has 0 spiro atoms. The van der Waals surface area contributed by atoms with Crippen LogP contribution in [0.4, 0.5) is 0 Å². The van der Waals surface area contributed by atoms with Crippen molar-refractivity contribution in [2.75, 3.05) is 0 Å². The lowest BCUT2D eigenvalue weighted by Gasteiger charge is -2.00. The molecule has 9 nitrogen and oxygen atoms in total. The maximum atomic E-state index is 11.9. The minimum Gasteiger partial charge on any atom is -0.419 e. The Hall–Kier alpha value is -3.33. The molecule has 0 fully saturated rings. The monoisotopic (exact) mass is 356 g/mol. The van der Waals surface area contributed by atoms with Gasteiger partial charge in [-0.15, -0.1) is 10.2 Å². The van der Waals surface area contributed by atoms with E-state index in [4.69, 9.17) is 20.5 Å². The second kappa shape index (κ2) is 6.29. The van der Waals surface area contributed by atoms with E-state index < -0.39 is 5.76 Å². The van der Waals surface area contributed by atoms with Crippen LogP contribution < -0.4 is 5.76 Å². The Morgan fingerprint density at radius 3 is 2.68 bits per heavy atom. The molecule has 0 aliphatic carbocycles. The van der Waals surface area contributed by atoms with Crippen molar-refractivity contribution in [3.8, 4) is 23.1 Å². The van der Waals surface area contributed by atoms with E-state index in [2.05, 4.69) is 25.3 Å². The van der Waals surface area contributed by atoms with Crippen LogP contribution >= 0.6 is 11.6 Å². The molecule has 0 saturated carbocycles. The molecule has 0 atom stereocenters. The number of aromatic nitrogens is 6. The fraction of sp³-hybridized carbons (Fsp3) is 0.0667. The minimum absolute atomic E-state index is 0.0344. The summed E-state index contributed by atoms with van der Waals surface area (Å²) in [6.07, 6.45) is 3.07. The number of nitrogens with zero attached hydrogens (tertiary/aromatic N) is 6. The number of benzene rings is 1. The van der Waals surface area contributed by atoms with Gasteiger partial charge < -0.3 is 4.42 Å². The Bertz CT molecular complexity index is 1070. The third kappa shape index (κ3) is 2.92. The molecule has 3 aromatic heterocycles. The quantitative estimate of drug-likeness (QED) is 0.546. The first-order chi connectivity index (χ1) is 12.2. The van der Waals surface area contributed by atoms with Gasteiger partial charge in [-0.2, -0.15) is 0 Å². The number of halogens is 1. The minimum atomic E-state index is -0.681. The average molecular weight is 357 g/mol. The maximum Gasteiger partial charge on any atom is 0.442 e. The lowest BCUT2D eigenvalue weighted by molar-refractivity contribution is 0.373. The number of rotatable bonds is 4. The van der Waals surface area contributed by atoms with Gasteiger partial charge >= 0.3 is 5.76 Å². The molecule has 0 radical (unpaired) electrons. The molecule has 4 aromatic rings. The molecule has 124 valence electrons. The molecule has 25 heavy (non-hydrogen) atoms. The highest BCUT2D eigenvalue weighted by Gasteiger charge is 2.18. The smallest absolute Gasteiger partial charge is 0.419 e. The lowest BCUT2D eigenvalue weighted by Crippen LogP contribution is -2.17. The Labute approximate surface area is 144 Å². The van der Waals surface area contributed by atoms with Crippen molar-refractivity contribution in [1.82, 2.24) is 29.9 Å². The molecule has 0 aliphatic rings. The molecular formula is C15H9ClN6O3. The zero-order valence-electron chi connectivity index (χ0n) is 12.5. The van der Waals surface area contributed by atoms with Crippen LogP contribution in [0.25, 0.3) is 23.1 Å². The van der Waals surface area contributed by atoms with E-state index in [0.717, 1.165) is 0 Å². The molecule has 10 heteroatoms. The summed E-state index contributed by atoms with van der Waals surface area (Å²) in [7, 11) is 0. The molecule has 0 N–H and O–H groups in total. The SMILES string of the molecule is O=c1onc(-c2ncccn2)n1Cc1nnc(-c2ccccc2Cl)o1. The second-order valence-electron chi connectivity index (χ2n) is 4.91. The Morgan fingerprint density at radius 2 is 1.88 bits per heavy atom. The standard InChI is InChI=1S/C15H9ClN6O3/c16-10-5-2-1-4-9(10)14-20-19-11(24-14)8-22-13(21-25-15(22)23)12-17-6-3-7-18-12/h1-7H,8H2. The zero-order valence-corrected chi connectivity index (χ0v) is 13.3. The Balaban J connectivity index is 1.68. The van der Waals surface area contributed by atoms with Crippen LogP contribution in [0.2, 0.25) is 5.02 Å². The van der Waals surface area contributed by atoms with E-state index in [1.54, 1.807) is 30.3 Å². The van der Waals surface area contributed by atoms with Crippen molar-refractivity contribution in [3.05, 3.63) is 64.2 Å². The van der Waals surface area contributed by atoms with Crippen LogP contribution in [0, 0.1) is 0 Å². The summed E-state index contributed by atoms with van der Waals surface area (Å²) in [5.74, 6) is 0.183. The van der Waals surface area contributed by atoms with Gasteiger partial charge in [-0.25, -0.2) is 19.3 Å². The third-order valence-electron chi connectivity index (χ3n) is 3.32. The van der Waals surface area contributed by atoms with Gasteiger partial charge in [-0.3, -0.25) is 4.52 Å². The predicted molar refractivity (Wildman–Crippen MR) is 85.6 cm³/mol. The van der Waals surface area contributed by atoms with Gasteiger partial charge in [0.05, 0.1) is 10.6 Å². The molecule has 0 unspecified atom stereocenters. The summed E-state index contributed by atoms with van der Waals surface area (Å²) >= 11 is 6.12. The first-order valence-corrected chi connectivity index (χ1v) is 7.51. The number of hydrogen-bond acceptors (Lipinski definition) is 8. The summed E-state index contributed by atoms with van der Waals surface area (Å²) in [6.45, 7) is -0.0344. The summed E-state index contributed by atoms with van der Waals surface area (Å²) in [5.41, 5.74) is 0.604. The fourth-order valence-electron chi connectivity index (χ4n) is 2.18. The van der Waals surface area contributed by atoms with E-state index in [-0.39, 0.29) is 30.0 Å². The van der Waals surface area contributed by atoms with Crippen LogP contribution in [0.3, 0.4) is 0 Å². The van der Waals surface area contributed by atoms with Crippen LogP contribution in [0.15, 0.2) is 56.5 Å². The van der Waals surface area contributed by atoms with E-state index in [0.29, 0.717) is 10.6 Å². The second-order valence-corrected chi connectivity index (χ2v) is 5.32. The van der Waals surface area contributed by atoms with Crippen molar-refractivity contribution < 1.29 is 8.94 Å². The van der Waals surface area contributed by atoms with Crippen molar-refractivity contribution in [1.29, 1.82) is 0 Å². The summed E-state index contributed by atoms with van der Waals surface area (Å²) < 4.78 is 11.5. The normalized spacial score (nSPS) is 10.9. The molecule has 0 bridgehead atoms. The molecule has 3 heterocycles. The van der Waals surface area contributed by atoms with Gasteiger partial charge in [0.15, 0.2) is 5.82 Å². The fourth-order valence-corrected chi connectivity index (χ4v) is 2.40. The first kappa shape index (κ1) is 15.2. The largest absolute Gasteiger partial charge is 0.442 e. The van der Waals surface area contributed by atoms with E-state index >= 15 is 0 Å². The summed E-state index contributed by atoms with van der Waals surface area (Å²) in [6, 6.07) is 8.73. The molecule has 0 aliphatic heterocycles. The predicted octanol–water partition coefficient (Wildman–Crippen LogP) is 2.04. The molecule has 4 rings (SSSR count). The maximum absolute atomic E-state index is 11.9. The lowest BCUT2D eigenvalue weighted by atomic mass is 10.2. The van der Waals surface area contributed by atoms with Gasteiger partial charge in [0, 0.05) is 12.4 Å². The van der Waals surface area contributed by atoms with E-state index in [1.165, 1.54) is 17.0 Å². The van der Waals surface area contributed by atoms with Crippen molar-refractivity contribution in [3.63, 3.8) is 0 Å². The summed E-state index contributed by atoms with van der Waals surface area (Å²) in [4.78, 5) is 20.0. The molecule has 0 amide bonds. The highest BCUT2D eigenvalue weighted by atomic mass is 35.5. The van der Waals surface area contributed by atoms with Gasteiger partial charge in [-0.05, 0) is 18.2 Å². The highest BCUT2D eigenvalue weighted by Crippen LogP contribution is 2.26. The van der Waals surface area contributed by atoms with Crippen molar-refractivity contribution in [2.24, 2.45) is 0 Å². The Morgan fingerprint density at radius 1 is 1.08 bits per heavy atom. The van der Waals surface area contributed by atoms with Crippen molar-refractivity contribution >= 4 is 11.6 Å². The third-order valence-corrected chi connectivity index (χ3v) is 3.65. The van der Waals surface area contributed by atoms with Gasteiger partial charge in [0.1, 0.15) is 6.54 Å². The van der Waals surface area contributed by atoms with Crippen LogP contribution in [0.1, 0.15) is 5.89 Å². The van der Waals surface area contributed by atoms with Gasteiger partial charge in [0.2, 0.25) is 17.6 Å².